The van der Waals surface area contributed by atoms with E-state index in [9.17, 15) is 14.9 Å². The van der Waals surface area contributed by atoms with Crippen LogP contribution in [-0.2, 0) is 4.74 Å². The standard InChI is InChI=1S/C40H61N5O5/c1-26(2)11-10-12-27(3)31-15-16-32-30-14-13-28-25-29(19-21-39(28,4)33(30)20-22-40(31,32)5)49-38(46)42-24-9-7-6-8-23-41-34-17-18-35(45(47)48)37-36(34)43-50-44-37/h13,17-18,26-27,29-33,41H,6-12,14-16,19-25H2,1-5H3,(H,42,46)/t27-,29+,30+,31-,32+,33+,39+,40-/m1/s1. The number of unbranched alkanes of at least 4 members (excludes halogenated alkanes) is 3. The van der Waals surface area contributed by atoms with Gasteiger partial charge in [-0.3, -0.25) is 10.1 Å². The van der Waals surface area contributed by atoms with Gasteiger partial charge < -0.3 is 15.4 Å². The number of hydrogen-bond acceptors (Lipinski definition) is 8. The Morgan fingerprint density at radius 3 is 2.54 bits per heavy atom. The van der Waals surface area contributed by atoms with Crippen LogP contribution in [0, 0.1) is 56.5 Å². The van der Waals surface area contributed by atoms with Crippen molar-refractivity contribution in [2.75, 3.05) is 18.4 Å². The quantitative estimate of drug-likeness (QED) is 0.0816. The molecule has 0 unspecified atom stereocenters. The minimum Gasteiger partial charge on any atom is -0.446 e. The van der Waals surface area contributed by atoms with Gasteiger partial charge in [0, 0.05) is 25.6 Å². The Kier molecular flexibility index (Phi) is 11.4. The minimum absolute atomic E-state index is 0.0286. The summed E-state index contributed by atoms with van der Waals surface area (Å²) in [5.74, 6) is 4.99. The predicted octanol–water partition coefficient (Wildman–Crippen LogP) is 10.2. The van der Waals surface area contributed by atoms with Gasteiger partial charge in [0.1, 0.15) is 6.10 Å². The monoisotopic (exact) mass is 691 g/mol. The number of nitro groups is 1. The van der Waals surface area contributed by atoms with Crippen LogP contribution in [-0.4, -0.2) is 40.5 Å². The summed E-state index contributed by atoms with van der Waals surface area (Å²) >= 11 is 0. The lowest BCUT2D eigenvalue weighted by molar-refractivity contribution is -0.383. The normalized spacial score (nSPS) is 31.0. The van der Waals surface area contributed by atoms with E-state index in [4.69, 9.17) is 9.37 Å². The number of ether oxygens (including phenoxy) is 1. The van der Waals surface area contributed by atoms with Gasteiger partial charge in [0.25, 0.3) is 0 Å². The molecule has 276 valence electrons. The molecule has 0 radical (unpaired) electrons. The Labute approximate surface area is 298 Å². The Balaban J connectivity index is 0.899. The molecule has 0 aliphatic heterocycles. The molecule has 3 fully saturated rings. The highest BCUT2D eigenvalue weighted by Crippen LogP contribution is 2.67. The number of anilines is 1. The zero-order valence-corrected chi connectivity index (χ0v) is 31.2. The smallest absolute Gasteiger partial charge is 0.407 e. The van der Waals surface area contributed by atoms with Crippen LogP contribution >= 0.6 is 0 Å². The van der Waals surface area contributed by atoms with Crippen molar-refractivity contribution in [2.24, 2.45) is 46.3 Å². The maximum Gasteiger partial charge on any atom is 0.407 e. The number of fused-ring (bicyclic) bond motifs is 6. The number of carbonyl (C=O) groups is 1. The summed E-state index contributed by atoms with van der Waals surface area (Å²) in [6.45, 7) is 13.8. The van der Waals surface area contributed by atoms with Gasteiger partial charge >= 0.3 is 11.8 Å². The highest BCUT2D eigenvalue weighted by Gasteiger charge is 2.59. The van der Waals surface area contributed by atoms with Crippen LogP contribution in [0.25, 0.3) is 11.0 Å². The molecule has 4 aliphatic rings. The number of nitrogens with zero attached hydrogens (tertiary/aromatic N) is 3. The van der Waals surface area contributed by atoms with E-state index in [1.807, 2.05) is 0 Å². The van der Waals surface area contributed by atoms with Crippen LogP contribution in [0.2, 0.25) is 0 Å². The molecule has 4 aliphatic carbocycles. The van der Waals surface area contributed by atoms with Crippen molar-refractivity contribution >= 4 is 28.5 Å². The molecule has 0 bridgehead atoms. The number of benzene rings is 1. The lowest BCUT2D eigenvalue weighted by atomic mass is 9.47. The van der Waals surface area contributed by atoms with Crippen LogP contribution < -0.4 is 10.6 Å². The maximum atomic E-state index is 12.7. The average Bonchev–Trinajstić information content (AvgIpc) is 3.71. The van der Waals surface area contributed by atoms with Crippen molar-refractivity contribution in [1.82, 2.24) is 15.6 Å². The van der Waals surface area contributed by atoms with Crippen molar-refractivity contribution in [3.8, 4) is 0 Å². The van der Waals surface area contributed by atoms with Gasteiger partial charge in [0.15, 0.2) is 5.52 Å². The number of aromatic nitrogens is 2. The van der Waals surface area contributed by atoms with E-state index in [2.05, 4.69) is 61.6 Å². The van der Waals surface area contributed by atoms with E-state index in [0.29, 0.717) is 29.7 Å². The number of nitro benzene ring substituents is 1. The van der Waals surface area contributed by atoms with Crippen molar-refractivity contribution in [3.05, 3.63) is 33.9 Å². The van der Waals surface area contributed by atoms with Crippen LogP contribution in [0.1, 0.15) is 131 Å². The molecule has 3 saturated carbocycles. The fourth-order valence-corrected chi connectivity index (χ4v) is 11.1. The van der Waals surface area contributed by atoms with Gasteiger partial charge in [-0.1, -0.05) is 78.4 Å². The largest absolute Gasteiger partial charge is 0.446 e. The third-order valence-corrected chi connectivity index (χ3v) is 13.8. The van der Waals surface area contributed by atoms with Gasteiger partial charge in [-0.05, 0) is 121 Å². The molecule has 1 aromatic heterocycles. The highest BCUT2D eigenvalue weighted by molar-refractivity contribution is 5.93. The number of hydrogen-bond donors (Lipinski definition) is 2. The molecule has 10 heteroatoms. The number of nitrogens with one attached hydrogen (secondary N) is 2. The lowest BCUT2D eigenvalue weighted by Gasteiger charge is -2.58. The first-order valence-corrected chi connectivity index (χ1v) is 19.8. The Morgan fingerprint density at radius 2 is 1.76 bits per heavy atom. The SMILES string of the molecule is CC(C)CCC[C@@H](C)[C@H]1CC[C@H]2[C@@H]3CC=C4C[C@@H](OC(=O)NCCCCCCNc5ccc([N+](=O)[O-])c6nonc56)CC[C@]4(C)[C@H]3CC[C@]12C. The van der Waals surface area contributed by atoms with E-state index in [1.54, 1.807) is 11.6 Å². The fourth-order valence-electron chi connectivity index (χ4n) is 11.1. The zero-order chi connectivity index (χ0) is 35.5. The Hall–Kier alpha value is -3.17. The van der Waals surface area contributed by atoms with E-state index in [-0.39, 0.29) is 28.8 Å². The second-order valence-corrected chi connectivity index (χ2v) is 17.2. The van der Waals surface area contributed by atoms with Crippen molar-refractivity contribution < 1.29 is 19.1 Å². The summed E-state index contributed by atoms with van der Waals surface area (Å²) in [5, 5.41) is 25.0. The summed E-state index contributed by atoms with van der Waals surface area (Å²) in [4.78, 5) is 23.4. The Bertz CT molecular complexity index is 1520. The number of allylic oxidation sites excluding steroid dienone is 1. The molecular weight excluding hydrogens is 630 g/mol. The third kappa shape index (κ3) is 7.55. The zero-order valence-electron chi connectivity index (χ0n) is 31.2. The maximum absolute atomic E-state index is 12.7. The summed E-state index contributed by atoms with van der Waals surface area (Å²) in [6.07, 6.45) is 20.0. The molecule has 50 heavy (non-hydrogen) atoms. The van der Waals surface area contributed by atoms with Crippen molar-refractivity contribution in [2.45, 2.75) is 137 Å². The first-order chi connectivity index (χ1) is 24.0. The Morgan fingerprint density at radius 1 is 0.980 bits per heavy atom. The topological polar surface area (TPSA) is 132 Å². The van der Waals surface area contributed by atoms with Crippen molar-refractivity contribution in [1.29, 1.82) is 0 Å². The van der Waals surface area contributed by atoms with Crippen molar-refractivity contribution in [3.63, 3.8) is 0 Å². The second kappa shape index (κ2) is 15.6. The third-order valence-electron chi connectivity index (χ3n) is 13.8. The van der Waals surface area contributed by atoms with Crippen LogP contribution in [0.15, 0.2) is 28.4 Å². The van der Waals surface area contributed by atoms with Gasteiger partial charge in [0.05, 0.1) is 10.6 Å². The first kappa shape index (κ1) is 36.6. The highest BCUT2D eigenvalue weighted by atomic mass is 16.6. The summed E-state index contributed by atoms with van der Waals surface area (Å²) in [6, 6.07) is 3.05. The lowest BCUT2D eigenvalue weighted by Crippen LogP contribution is -2.51. The molecule has 10 nitrogen and oxygen atoms in total. The van der Waals surface area contributed by atoms with E-state index in [1.165, 1.54) is 57.4 Å². The fraction of sp³-hybridized carbons (Fsp3) is 0.775. The molecule has 1 amide bonds. The molecule has 1 heterocycles. The molecule has 2 N–H and O–H groups in total. The first-order valence-electron chi connectivity index (χ1n) is 19.8. The average molecular weight is 692 g/mol. The van der Waals surface area contributed by atoms with Gasteiger partial charge in [-0.15, -0.1) is 0 Å². The molecule has 2 aromatic rings. The minimum atomic E-state index is -0.488. The summed E-state index contributed by atoms with van der Waals surface area (Å²) in [5.41, 5.74) is 3.39. The molecule has 6 rings (SSSR count). The van der Waals surface area contributed by atoms with Gasteiger partial charge in [-0.2, -0.15) is 0 Å². The number of amides is 1. The van der Waals surface area contributed by atoms with E-state index in [0.717, 1.165) is 80.5 Å². The second-order valence-electron chi connectivity index (χ2n) is 17.2. The van der Waals surface area contributed by atoms with E-state index >= 15 is 0 Å². The van der Waals surface area contributed by atoms with Crippen LogP contribution in [0.3, 0.4) is 0 Å². The van der Waals surface area contributed by atoms with Gasteiger partial charge in [0.2, 0.25) is 5.52 Å². The predicted molar refractivity (Wildman–Crippen MR) is 197 cm³/mol. The number of non-ortho nitro benzene ring substituents is 1. The number of carbonyl (C=O) groups excluding carboxylic acids is 1. The van der Waals surface area contributed by atoms with E-state index < -0.39 is 4.92 Å². The molecule has 0 saturated heterocycles. The molecule has 8 atom stereocenters. The number of rotatable bonds is 15. The summed E-state index contributed by atoms with van der Waals surface area (Å²) in [7, 11) is 0. The molecular formula is C40H61N5O5. The van der Waals surface area contributed by atoms with Crippen LogP contribution in [0.5, 0.6) is 0 Å². The van der Waals surface area contributed by atoms with Crippen LogP contribution in [0.4, 0.5) is 16.2 Å². The summed E-state index contributed by atoms with van der Waals surface area (Å²) < 4.78 is 10.7. The molecule has 1 aromatic carbocycles. The molecule has 0 spiro atoms. The number of alkyl carbamates (subject to hydrolysis) is 1. The van der Waals surface area contributed by atoms with Gasteiger partial charge in [-0.25, -0.2) is 9.42 Å².